The summed E-state index contributed by atoms with van der Waals surface area (Å²) in [5.41, 5.74) is 1.19. The second-order valence-corrected chi connectivity index (χ2v) is 8.48. The van der Waals surface area contributed by atoms with E-state index in [-0.39, 0.29) is 16.5 Å². The number of hydrogen-bond acceptors (Lipinski definition) is 5. The molecule has 1 N–H and O–H groups in total. The summed E-state index contributed by atoms with van der Waals surface area (Å²) in [5.74, 6) is 0.351. The van der Waals surface area contributed by atoms with Crippen LogP contribution in [0.4, 0.5) is 0 Å². The summed E-state index contributed by atoms with van der Waals surface area (Å²) in [6, 6.07) is 14.0. The fourth-order valence-electron chi connectivity index (χ4n) is 3.23. The maximum absolute atomic E-state index is 12.8. The number of nitrogens with one attached hydrogen (secondary N) is 1. The number of likely N-dealkylation sites (N-methyl/N-ethyl adjacent to an activating group) is 1. The van der Waals surface area contributed by atoms with Gasteiger partial charge in [-0.3, -0.25) is 9.69 Å². The van der Waals surface area contributed by atoms with Gasteiger partial charge < -0.3 is 10.1 Å². The fraction of sp³-hybridized carbons (Fsp3) is 0.381. The van der Waals surface area contributed by atoms with Crippen LogP contribution in [0.5, 0.6) is 5.75 Å². The average molecular weight is 405 g/mol. The van der Waals surface area contributed by atoms with Crippen LogP contribution in [0.3, 0.4) is 0 Å². The smallest absolute Gasteiger partial charge is 0.252 e. The van der Waals surface area contributed by atoms with E-state index in [1.54, 1.807) is 19.2 Å². The zero-order chi connectivity index (χ0) is 20.7. The number of carbonyl (C=O) groups excluding carboxylic acids is 1. The van der Waals surface area contributed by atoms with Gasteiger partial charge in [-0.05, 0) is 42.9 Å². The molecule has 0 aliphatic rings. The van der Waals surface area contributed by atoms with Crippen molar-refractivity contribution in [1.82, 2.24) is 10.2 Å². The maximum Gasteiger partial charge on any atom is 0.252 e. The Kier molecular flexibility index (Phi) is 7.60. The topological polar surface area (TPSA) is 75.7 Å². The van der Waals surface area contributed by atoms with Crippen LogP contribution in [0.1, 0.15) is 35.8 Å². The van der Waals surface area contributed by atoms with Crippen molar-refractivity contribution < 1.29 is 17.9 Å². The number of benzene rings is 2. The molecule has 2 aromatic carbocycles. The lowest BCUT2D eigenvalue weighted by molar-refractivity contribution is 0.0931. The lowest BCUT2D eigenvalue weighted by atomic mass is 10.0. The number of sulfone groups is 1. The van der Waals surface area contributed by atoms with Crippen molar-refractivity contribution >= 4 is 15.7 Å². The van der Waals surface area contributed by atoms with E-state index in [1.165, 1.54) is 12.1 Å². The van der Waals surface area contributed by atoms with Gasteiger partial charge in [0.05, 0.1) is 23.6 Å². The van der Waals surface area contributed by atoms with Crippen LogP contribution in [-0.2, 0) is 9.84 Å². The van der Waals surface area contributed by atoms with Crippen LogP contribution in [0, 0.1) is 0 Å². The molecule has 152 valence electrons. The molecule has 7 heteroatoms. The lowest BCUT2D eigenvalue weighted by Crippen LogP contribution is -2.38. The molecule has 28 heavy (non-hydrogen) atoms. The van der Waals surface area contributed by atoms with Crippen molar-refractivity contribution in [1.29, 1.82) is 0 Å². The molecule has 0 fully saturated rings. The molecule has 0 heterocycles. The van der Waals surface area contributed by atoms with Gasteiger partial charge in [0.15, 0.2) is 9.84 Å². The molecule has 1 amide bonds. The van der Waals surface area contributed by atoms with Gasteiger partial charge >= 0.3 is 0 Å². The summed E-state index contributed by atoms with van der Waals surface area (Å²) >= 11 is 0. The molecule has 1 unspecified atom stereocenters. The molecule has 0 spiro atoms. The molecule has 0 aliphatic carbocycles. The maximum atomic E-state index is 12.8. The Morgan fingerprint density at radius 2 is 1.79 bits per heavy atom. The summed E-state index contributed by atoms with van der Waals surface area (Å²) in [6.45, 7) is 6.11. The first-order valence-corrected chi connectivity index (χ1v) is 11.2. The Hall–Kier alpha value is -2.38. The van der Waals surface area contributed by atoms with E-state index < -0.39 is 15.7 Å². The van der Waals surface area contributed by atoms with Gasteiger partial charge in [0.25, 0.3) is 5.91 Å². The van der Waals surface area contributed by atoms with Crippen molar-refractivity contribution in [2.24, 2.45) is 0 Å². The number of rotatable bonds is 9. The molecule has 0 aliphatic heterocycles. The van der Waals surface area contributed by atoms with E-state index in [0.717, 1.165) is 30.7 Å². The SMILES string of the molecule is CCN(CC)C(CNC(=O)c1ccccc1S(C)(=O)=O)c1cccc(OC)c1. The van der Waals surface area contributed by atoms with Gasteiger partial charge in [0.1, 0.15) is 5.75 Å². The van der Waals surface area contributed by atoms with Crippen molar-refractivity contribution in [3.63, 3.8) is 0 Å². The zero-order valence-electron chi connectivity index (χ0n) is 16.8. The molecule has 0 saturated carbocycles. The first-order valence-electron chi connectivity index (χ1n) is 9.27. The minimum absolute atomic E-state index is 0.0354. The Morgan fingerprint density at radius 1 is 1.11 bits per heavy atom. The van der Waals surface area contributed by atoms with Crippen LogP contribution in [0.2, 0.25) is 0 Å². The summed E-state index contributed by atoms with van der Waals surface area (Å²) in [7, 11) is -1.87. The molecular formula is C21H28N2O4S. The highest BCUT2D eigenvalue weighted by Gasteiger charge is 2.22. The molecule has 2 aromatic rings. The number of amides is 1. The number of hydrogen-bond donors (Lipinski definition) is 1. The standard InChI is InChI=1S/C21H28N2O4S/c1-5-23(6-2)19(16-10-9-11-17(14-16)27-3)15-22-21(24)18-12-7-8-13-20(18)28(4,25)26/h7-14,19H,5-6,15H2,1-4H3,(H,22,24). The van der Waals surface area contributed by atoms with E-state index in [1.807, 2.05) is 24.3 Å². The number of carbonyl (C=O) groups is 1. The van der Waals surface area contributed by atoms with Gasteiger partial charge in [-0.15, -0.1) is 0 Å². The number of ether oxygens (including phenoxy) is 1. The van der Waals surface area contributed by atoms with Crippen LogP contribution < -0.4 is 10.1 Å². The second-order valence-electron chi connectivity index (χ2n) is 6.49. The molecule has 0 bridgehead atoms. The molecule has 0 saturated heterocycles. The van der Waals surface area contributed by atoms with Crippen LogP contribution in [-0.4, -0.2) is 52.2 Å². The van der Waals surface area contributed by atoms with Crippen molar-refractivity contribution in [3.8, 4) is 5.75 Å². The largest absolute Gasteiger partial charge is 0.497 e. The highest BCUT2D eigenvalue weighted by molar-refractivity contribution is 7.90. The predicted octanol–water partition coefficient (Wildman–Crippen LogP) is 2.91. The zero-order valence-corrected chi connectivity index (χ0v) is 17.6. The summed E-state index contributed by atoms with van der Waals surface area (Å²) in [6.07, 6.45) is 1.11. The van der Waals surface area contributed by atoms with E-state index in [4.69, 9.17) is 4.74 Å². The molecule has 6 nitrogen and oxygen atoms in total. The molecule has 2 rings (SSSR count). The van der Waals surface area contributed by atoms with E-state index in [9.17, 15) is 13.2 Å². The number of nitrogens with zero attached hydrogens (tertiary/aromatic N) is 1. The normalized spacial score (nSPS) is 12.6. The average Bonchev–Trinajstić information content (AvgIpc) is 2.70. The third-order valence-electron chi connectivity index (χ3n) is 4.72. The Labute approximate surface area is 167 Å². The lowest BCUT2D eigenvalue weighted by Gasteiger charge is -2.30. The highest BCUT2D eigenvalue weighted by atomic mass is 32.2. The Bertz CT molecular complexity index is 908. The van der Waals surface area contributed by atoms with E-state index in [0.29, 0.717) is 6.54 Å². The highest BCUT2D eigenvalue weighted by Crippen LogP contribution is 2.24. The molecule has 0 radical (unpaired) electrons. The van der Waals surface area contributed by atoms with Gasteiger partial charge in [0.2, 0.25) is 0 Å². The van der Waals surface area contributed by atoms with Crippen LogP contribution in [0.15, 0.2) is 53.4 Å². The summed E-state index contributed by atoms with van der Waals surface area (Å²) in [5, 5.41) is 2.91. The van der Waals surface area contributed by atoms with Crippen molar-refractivity contribution in [3.05, 3.63) is 59.7 Å². The first kappa shape index (κ1) is 21.9. The first-order chi connectivity index (χ1) is 13.3. The number of methoxy groups -OCH3 is 1. The predicted molar refractivity (Wildman–Crippen MR) is 111 cm³/mol. The fourth-order valence-corrected chi connectivity index (χ4v) is 4.12. The third-order valence-corrected chi connectivity index (χ3v) is 5.87. The Balaban J connectivity index is 2.28. The van der Waals surface area contributed by atoms with Gasteiger partial charge in [-0.25, -0.2) is 8.42 Å². The van der Waals surface area contributed by atoms with Crippen molar-refractivity contribution in [2.75, 3.05) is 33.0 Å². The molecular weight excluding hydrogens is 376 g/mol. The van der Waals surface area contributed by atoms with E-state index in [2.05, 4.69) is 24.1 Å². The van der Waals surface area contributed by atoms with Crippen LogP contribution in [0.25, 0.3) is 0 Å². The van der Waals surface area contributed by atoms with E-state index >= 15 is 0 Å². The molecule has 1 atom stereocenters. The summed E-state index contributed by atoms with van der Waals surface area (Å²) < 4.78 is 29.3. The third kappa shape index (κ3) is 5.33. The Morgan fingerprint density at radius 3 is 2.39 bits per heavy atom. The minimum atomic E-state index is -3.49. The van der Waals surface area contributed by atoms with Crippen molar-refractivity contribution in [2.45, 2.75) is 24.8 Å². The van der Waals surface area contributed by atoms with Crippen LogP contribution >= 0.6 is 0 Å². The van der Waals surface area contributed by atoms with Gasteiger partial charge in [-0.1, -0.05) is 38.1 Å². The van der Waals surface area contributed by atoms with Gasteiger partial charge in [-0.2, -0.15) is 0 Å². The quantitative estimate of drug-likeness (QED) is 0.695. The minimum Gasteiger partial charge on any atom is -0.497 e. The monoisotopic (exact) mass is 404 g/mol. The second kappa shape index (κ2) is 9.71. The molecule has 0 aromatic heterocycles. The van der Waals surface area contributed by atoms with Gasteiger partial charge in [0, 0.05) is 12.8 Å². The summed E-state index contributed by atoms with van der Waals surface area (Å²) in [4.78, 5) is 15.0.